The highest BCUT2D eigenvalue weighted by Gasteiger charge is 2.28. The third-order valence-electron chi connectivity index (χ3n) is 3.32. The first-order valence-corrected chi connectivity index (χ1v) is 6.58. The molecular weight excluding hydrogens is 262 g/mol. The van der Waals surface area contributed by atoms with Crippen LogP contribution in [0, 0.1) is 6.92 Å². The first-order valence-electron chi connectivity index (χ1n) is 6.58. The monoisotopic (exact) mass is 279 g/mol. The van der Waals surface area contributed by atoms with Crippen LogP contribution in [0.25, 0.3) is 0 Å². The van der Waals surface area contributed by atoms with Crippen molar-refractivity contribution in [3.63, 3.8) is 0 Å². The molecule has 2 rings (SSSR count). The number of amides is 1. The number of nitrogens with zero attached hydrogens (tertiary/aromatic N) is 1. The molecule has 1 aliphatic carbocycles. The summed E-state index contributed by atoms with van der Waals surface area (Å²) in [5.74, 6) is -0.944. The zero-order chi connectivity index (χ0) is 14.9. The average Bonchev–Trinajstić information content (AvgIpc) is 3.18. The van der Waals surface area contributed by atoms with Crippen LogP contribution >= 0.6 is 0 Å². The van der Waals surface area contributed by atoms with Gasteiger partial charge in [0.15, 0.2) is 0 Å². The Morgan fingerprint density at radius 1 is 1.50 bits per heavy atom. The number of H-pyrrole nitrogens is 1. The molecule has 1 amide bonds. The van der Waals surface area contributed by atoms with E-state index < -0.39 is 23.5 Å². The Kier molecular flexibility index (Phi) is 3.87. The van der Waals surface area contributed by atoms with E-state index in [2.05, 4.69) is 15.3 Å². The molecule has 1 heterocycles. The molecule has 0 saturated heterocycles. The summed E-state index contributed by atoms with van der Waals surface area (Å²) in [5.41, 5.74) is -0.306. The van der Waals surface area contributed by atoms with E-state index in [1.54, 1.807) is 13.8 Å². The highest BCUT2D eigenvalue weighted by molar-refractivity contribution is 5.97. The molecule has 3 N–H and O–H groups in total. The molecule has 7 heteroatoms. The van der Waals surface area contributed by atoms with Crippen LogP contribution in [0.1, 0.15) is 54.0 Å². The summed E-state index contributed by atoms with van der Waals surface area (Å²) in [6.45, 7) is 3.22. The van der Waals surface area contributed by atoms with Crippen molar-refractivity contribution < 1.29 is 14.7 Å². The number of aliphatic carboxylic acids is 1. The SMILES string of the molecule is CC[C@@H](NC(=O)c1c(C)nc(C2CC2)[nH]c1=O)C(=O)O. The fourth-order valence-corrected chi connectivity index (χ4v) is 1.99. The van der Waals surface area contributed by atoms with Gasteiger partial charge in [-0.15, -0.1) is 0 Å². The lowest BCUT2D eigenvalue weighted by molar-refractivity contribution is -0.139. The number of hydrogen-bond donors (Lipinski definition) is 3. The van der Waals surface area contributed by atoms with E-state index in [4.69, 9.17) is 5.11 Å². The first-order chi connectivity index (χ1) is 9.43. The second-order valence-corrected chi connectivity index (χ2v) is 4.96. The molecule has 1 aliphatic rings. The minimum absolute atomic E-state index is 0.117. The number of aromatic amines is 1. The van der Waals surface area contributed by atoms with Crippen LogP contribution in [0.3, 0.4) is 0 Å². The van der Waals surface area contributed by atoms with Crippen LogP contribution in [0.5, 0.6) is 0 Å². The summed E-state index contributed by atoms with van der Waals surface area (Å²) in [6, 6.07) is -1.01. The minimum atomic E-state index is -1.13. The lowest BCUT2D eigenvalue weighted by Crippen LogP contribution is -2.42. The van der Waals surface area contributed by atoms with Crippen LogP contribution in [0.15, 0.2) is 4.79 Å². The molecule has 1 aromatic heterocycles. The maximum atomic E-state index is 12.0. The van der Waals surface area contributed by atoms with Gasteiger partial charge in [0, 0.05) is 5.92 Å². The van der Waals surface area contributed by atoms with Crippen LogP contribution in [-0.2, 0) is 4.79 Å². The highest BCUT2D eigenvalue weighted by atomic mass is 16.4. The second-order valence-electron chi connectivity index (χ2n) is 4.96. The molecule has 0 radical (unpaired) electrons. The number of carboxylic acid groups (broad SMARTS) is 1. The Hall–Kier alpha value is -2.18. The van der Waals surface area contributed by atoms with Gasteiger partial charge in [0.05, 0.1) is 5.69 Å². The van der Waals surface area contributed by atoms with Crippen molar-refractivity contribution in [2.75, 3.05) is 0 Å². The van der Waals surface area contributed by atoms with Crippen molar-refractivity contribution in [1.29, 1.82) is 0 Å². The summed E-state index contributed by atoms with van der Waals surface area (Å²) < 4.78 is 0. The number of carboxylic acids is 1. The summed E-state index contributed by atoms with van der Waals surface area (Å²) in [6.07, 6.45) is 2.22. The van der Waals surface area contributed by atoms with Gasteiger partial charge in [0.2, 0.25) is 0 Å². The molecule has 0 unspecified atom stereocenters. The van der Waals surface area contributed by atoms with E-state index in [-0.39, 0.29) is 17.9 Å². The number of aryl methyl sites for hydroxylation is 1. The Labute approximate surface area is 115 Å². The van der Waals surface area contributed by atoms with Crippen LogP contribution < -0.4 is 10.9 Å². The third-order valence-corrected chi connectivity index (χ3v) is 3.32. The van der Waals surface area contributed by atoms with Crippen molar-refractivity contribution in [2.45, 2.75) is 45.1 Å². The summed E-state index contributed by atoms with van der Waals surface area (Å²) in [5, 5.41) is 11.2. The van der Waals surface area contributed by atoms with Crippen molar-refractivity contribution in [3.05, 3.63) is 27.4 Å². The molecule has 7 nitrogen and oxygen atoms in total. The average molecular weight is 279 g/mol. The Balaban J connectivity index is 2.25. The Morgan fingerprint density at radius 2 is 2.15 bits per heavy atom. The van der Waals surface area contributed by atoms with Crippen molar-refractivity contribution >= 4 is 11.9 Å². The number of carbonyl (C=O) groups excluding carboxylic acids is 1. The molecular formula is C13H17N3O4. The molecule has 0 spiro atoms. The van der Waals surface area contributed by atoms with E-state index in [0.717, 1.165) is 12.8 Å². The van der Waals surface area contributed by atoms with Crippen LogP contribution in [0.2, 0.25) is 0 Å². The quantitative estimate of drug-likeness (QED) is 0.728. The minimum Gasteiger partial charge on any atom is -0.480 e. The van der Waals surface area contributed by atoms with Gasteiger partial charge in [-0.05, 0) is 26.2 Å². The standard InChI is InChI=1S/C13H17N3O4/c1-3-8(13(19)20)15-11(17)9-6(2)14-10(7-4-5-7)16-12(9)18/h7-8H,3-5H2,1-2H3,(H,15,17)(H,19,20)(H,14,16,18)/t8-/m1/s1. The zero-order valence-electron chi connectivity index (χ0n) is 11.4. The predicted octanol–water partition coefficient (Wildman–Crippen LogP) is 0.549. The zero-order valence-corrected chi connectivity index (χ0v) is 11.4. The lowest BCUT2D eigenvalue weighted by Gasteiger charge is -2.13. The predicted molar refractivity (Wildman–Crippen MR) is 70.8 cm³/mol. The lowest BCUT2D eigenvalue weighted by atomic mass is 10.1. The number of carbonyl (C=O) groups is 2. The van der Waals surface area contributed by atoms with E-state index in [0.29, 0.717) is 11.5 Å². The molecule has 1 saturated carbocycles. The molecule has 0 bridgehead atoms. The largest absolute Gasteiger partial charge is 0.480 e. The third kappa shape index (κ3) is 2.87. The molecule has 0 aliphatic heterocycles. The Morgan fingerprint density at radius 3 is 2.60 bits per heavy atom. The topological polar surface area (TPSA) is 112 Å². The van der Waals surface area contributed by atoms with E-state index in [1.165, 1.54) is 0 Å². The molecule has 1 aromatic rings. The van der Waals surface area contributed by atoms with Gasteiger partial charge in [-0.3, -0.25) is 9.59 Å². The molecule has 0 aromatic carbocycles. The Bertz CT molecular complexity index is 604. The van der Waals surface area contributed by atoms with Gasteiger partial charge in [-0.25, -0.2) is 9.78 Å². The van der Waals surface area contributed by atoms with E-state index in [1.807, 2.05) is 0 Å². The maximum absolute atomic E-state index is 12.0. The normalized spacial score (nSPS) is 15.7. The number of aromatic nitrogens is 2. The van der Waals surface area contributed by atoms with Gasteiger partial charge in [0.25, 0.3) is 11.5 Å². The van der Waals surface area contributed by atoms with Crippen molar-refractivity contribution in [3.8, 4) is 0 Å². The molecule has 1 atom stereocenters. The fourth-order valence-electron chi connectivity index (χ4n) is 1.99. The summed E-state index contributed by atoms with van der Waals surface area (Å²) in [4.78, 5) is 41.7. The number of hydrogen-bond acceptors (Lipinski definition) is 4. The fraction of sp³-hybridized carbons (Fsp3) is 0.538. The molecule has 108 valence electrons. The molecule has 20 heavy (non-hydrogen) atoms. The summed E-state index contributed by atoms with van der Waals surface area (Å²) in [7, 11) is 0. The van der Waals surface area contributed by atoms with Gasteiger partial charge >= 0.3 is 5.97 Å². The van der Waals surface area contributed by atoms with Crippen molar-refractivity contribution in [2.24, 2.45) is 0 Å². The van der Waals surface area contributed by atoms with Gasteiger partial charge in [-0.2, -0.15) is 0 Å². The smallest absolute Gasteiger partial charge is 0.326 e. The van der Waals surface area contributed by atoms with E-state index >= 15 is 0 Å². The first kappa shape index (κ1) is 14.2. The van der Waals surface area contributed by atoms with E-state index in [9.17, 15) is 14.4 Å². The van der Waals surface area contributed by atoms with Crippen molar-refractivity contribution in [1.82, 2.24) is 15.3 Å². The van der Waals surface area contributed by atoms with Crippen LogP contribution in [-0.4, -0.2) is 33.0 Å². The summed E-state index contributed by atoms with van der Waals surface area (Å²) >= 11 is 0. The molecule has 1 fully saturated rings. The second kappa shape index (κ2) is 5.44. The maximum Gasteiger partial charge on any atom is 0.326 e. The highest BCUT2D eigenvalue weighted by Crippen LogP contribution is 2.37. The van der Waals surface area contributed by atoms with Crippen LogP contribution in [0.4, 0.5) is 0 Å². The number of nitrogens with one attached hydrogen (secondary N) is 2. The van der Waals surface area contributed by atoms with Gasteiger partial charge < -0.3 is 15.4 Å². The van der Waals surface area contributed by atoms with Gasteiger partial charge in [-0.1, -0.05) is 6.92 Å². The number of rotatable bonds is 5. The van der Waals surface area contributed by atoms with Gasteiger partial charge in [0.1, 0.15) is 17.4 Å².